The number of unbranched alkanes of at least 4 members (excludes halogenated alkanes) is 9. The van der Waals surface area contributed by atoms with E-state index < -0.39 is 74.0 Å². The van der Waals surface area contributed by atoms with Crippen molar-refractivity contribution in [3.05, 3.63) is 12.2 Å². The molecule has 13 nitrogen and oxygen atoms in total. The van der Waals surface area contributed by atoms with E-state index in [1.165, 1.54) is 6.92 Å². The SMILES string of the molecule is CC(=O)C[C@H]1O[C@@H](OC(C)CCCCCC/C=C\CCCCCCCC(=O)O)[C@H](O[C@@H]2O[C@H](CO)[C@@H](O)[C@H](O)[C@H]2O)[C@@H](O)[C@@H]1O. The highest BCUT2D eigenvalue weighted by atomic mass is 16.8. The summed E-state index contributed by atoms with van der Waals surface area (Å²) in [5, 5.41) is 70.3. The topological polar surface area (TPSA) is 213 Å². The number of aliphatic carboxylic acids is 1. The number of Topliss-reactive ketones (excluding diaryl/α,β-unsaturated/α-hetero) is 1. The first-order chi connectivity index (χ1) is 21.5. The second-order valence-corrected chi connectivity index (χ2v) is 12.3. The molecule has 2 heterocycles. The third-order valence-electron chi connectivity index (χ3n) is 8.30. The summed E-state index contributed by atoms with van der Waals surface area (Å²) in [7, 11) is 0. The van der Waals surface area contributed by atoms with Crippen molar-refractivity contribution >= 4 is 11.8 Å². The second kappa shape index (κ2) is 21.4. The van der Waals surface area contributed by atoms with Crippen LogP contribution in [0.1, 0.15) is 104 Å². The summed E-state index contributed by atoms with van der Waals surface area (Å²) in [5.41, 5.74) is 0. The maximum atomic E-state index is 11.8. The predicted octanol–water partition coefficient (Wildman–Crippen LogP) is 1.71. The Morgan fingerprint density at radius 3 is 1.89 bits per heavy atom. The Balaban J connectivity index is 1.77. The molecule has 11 atom stereocenters. The number of hydrogen-bond acceptors (Lipinski definition) is 12. The standard InChI is InChI=1S/C32H56O13/c1-20(34)18-22-25(37)28(40)30(45-31-29(41)27(39)26(38)23(19-33)44-31)32(43-22)42-21(2)16-14-12-10-8-6-4-3-5-7-9-11-13-15-17-24(35)36/h3-4,21-23,25-33,37-41H,5-19H2,1-2H3,(H,35,36)/b4-3-/t21?,22-,23-,25-,26-,27+,28+,29-,30-,31+,32-/m1/s1. The van der Waals surface area contributed by atoms with E-state index >= 15 is 0 Å². The molecule has 0 aromatic rings. The van der Waals surface area contributed by atoms with Crippen LogP contribution in [-0.2, 0) is 28.5 Å². The molecule has 2 aliphatic rings. The van der Waals surface area contributed by atoms with Crippen molar-refractivity contribution in [1.82, 2.24) is 0 Å². The van der Waals surface area contributed by atoms with Gasteiger partial charge in [-0.2, -0.15) is 0 Å². The van der Waals surface area contributed by atoms with Crippen molar-refractivity contribution in [2.75, 3.05) is 6.61 Å². The highest BCUT2D eigenvalue weighted by Gasteiger charge is 2.51. The van der Waals surface area contributed by atoms with E-state index in [1.807, 2.05) is 6.92 Å². The fourth-order valence-corrected chi connectivity index (χ4v) is 5.60. The zero-order chi connectivity index (χ0) is 33.4. The van der Waals surface area contributed by atoms with Gasteiger partial charge in [-0.15, -0.1) is 0 Å². The monoisotopic (exact) mass is 648 g/mol. The fraction of sp³-hybridized carbons (Fsp3) is 0.875. The Hall–Kier alpha value is -1.52. The van der Waals surface area contributed by atoms with Crippen LogP contribution < -0.4 is 0 Å². The van der Waals surface area contributed by atoms with Crippen LogP contribution in [-0.4, -0.2) is 122 Å². The summed E-state index contributed by atoms with van der Waals surface area (Å²) in [6, 6.07) is 0. The first-order valence-electron chi connectivity index (χ1n) is 16.5. The van der Waals surface area contributed by atoms with Gasteiger partial charge in [0.05, 0.1) is 18.8 Å². The lowest BCUT2D eigenvalue weighted by Crippen LogP contribution is -2.64. The van der Waals surface area contributed by atoms with Gasteiger partial charge in [-0.1, -0.05) is 50.7 Å². The lowest BCUT2D eigenvalue weighted by Gasteiger charge is -2.46. The summed E-state index contributed by atoms with van der Waals surface area (Å²) < 4.78 is 23.1. The average molecular weight is 649 g/mol. The Bertz CT molecular complexity index is 868. The summed E-state index contributed by atoms with van der Waals surface area (Å²) in [6.07, 6.45) is 1.29. The third kappa shape index (κ3) is 14.0. The van der Waals surface area contributed by atoms with Gasteiger partial charge in [0.15, 0.2) is 12.6 Å². The number of ketones is 1. The first-order valence-corrected chi connectivity index (χ1v) is 16.5. The van der Waals surface area contributed by atoms with Gasteiger partial charge in [0, 0.05) is 12.8 Å². The van der Waals surface area contributed by atoms with Crippen LogP contribution in [0.25, 0.3) is 0 Å². The molecular formula is C32H56O13. The smallest absolute Gasteiger partial charge is 0.303 e. The molecule has 45 heavy (non-hydrogen) atoms. The van der Waals surface area contributed by atoms with Crippen molar-refractivity contribution in [2.45, 2.75) is 171 Å². The van der Waals surface area contributed by atoms with Crippen LogP contribution in [0.5, 0.6) is 0 Å². The Kier molecular flexibility index (Phi) is 18.8. The molecule has 0 radical (unpaired) electrons. The van der Waals surface area contributed by atoms with Crippen LogP contribution in [0.3, 0.4) is 0 Å². The van der Waals surface area contributed by atoms with E-state index in [0.717, 1.165) is 70.6 Å². The number of aliphatic hydroxyl groups is 6. The Morgan fingerprint density at radius 1 is 0.733 bits per heavy atom. The van der Waals surface area contributed by atoms with Crippen molar-refractivity contribution in [3.63, 3.8) is 0 Å². The van der Waals surface area contributed by atoms with Crippen molar-refractivity contribution in [1.29, 1.82) is 0 Å². The summed E-state index contributed by atoms with van der Waals surface area (Å²) >= 11 is 0. The molecule has 0 aromatic heterocycles. The number of carbonyl (C=O) groups is 2. The number of carboxylic acids is 1. The van der Waals surface area contributed by atoms with Crippen molar-refractivity contribution < 1.29 is 64.3 Å². The average Bonchev–Trinajstić information content (AvgIpc) is 2.99. The number of ether oxygens (including phenoxy) is 4. The number of hydrogen-bond donors (Lipinski definition) is 7. The molecule has 0 amide bonds. The van der Waals surface area contributed by atoms with Crippen LogP contribution in [0.2, 0.25) is 0 Å². The number of rotatable bonds is 22. The van der Waals surface area contributed by atoms with Gasteiger partial charge in [-0.05, 0) is 52.4 Å². The lowest BCUT2D eigenvalue weighted by atomic mass is 9.95. The quantitative estimate of drug-likeness (QED) is 0.0659. The molecule has 0 aromatic carbocycles. The molecular weight excluding hydrogens is 592 g/mol. The molecule has 2 rings (SSSR count). The molecule has 2 aliphatic heterocycles. The molecule has 7 N–H and O–H groups in total. The maximum absolute atomic E-state index is 11.8. The van der Waals surface area contributed by atoms with Crippen LogP contribution >= 0.6 is 0 Å². The van der Waals surface area contributed by atoms with Gasteiger partial charge in [0.2, 0.25) is 0 Å². The fourth-order valence-electron chi connectivity index (χ4n) is 5.60. The molecule has 13 heteroatoms. The Labute approximate surface area is 266 Å². The van der Waals surface area contributed by atoms with E-state index in [0.29, 0.717) is 6.42 Å². The molecule has 0 spiro atoms. The molecule has 1 unspecified atom stereocenters. The molecule has 2 saturated heterocycles. The minimum atomic E-state index is -1.73. The first kappa shape index (κ1) is 39.7. The minimum absolute atomic E-state index is 0.164. The molecule has 262 valence electrons. The van der Waals surface area contributed by atoms with Gasteiger partial charge in [0.1, 0.15) is 48.5 Å². The number of allylic oxidation sites excluding steroid dienone is 2. The Morgan fingerprint density at radius 2 is 1.29 bits per heavy atom. The van der Waals surface area contributed by atoms with E-state index in [-0.39, 0.29) is 24.7 Å². The van der Waals surface area contributed by atoms with E-state index in [1.54, 1.807) is 0 Å². The minimum Gasteiger partial charge on any atom is -0.481 e. The number of carboxylic acid groups (broad SMARTS) is 1. The van der Waals surface area contributed by atoms with Crippen LogP contribution in [0.4, 0.5) is 0 Å². The third-order valence-corrected chi connectivity index (χ3v) is 8.30. The summed E-state index contributed by atoms with van der Waals surface area (Å²) in [5.74, 6) is -0.986. The van der Waals surface area contributed by atoms with Gasteiger partial charge in [-0.3, -0.25) is 9.59 Å². The molecule has 2 fully saturated rings. The van der Waals surface area contributed by atoms with Crippen LogP contribution in [0.15, 0.2) is 12.2 Å². The molecule has 0 saturated carbocycles. The van der Waals surface area contributed by atoms with Crippen LogP contribution in [0, 0.1) is 0 Å². The zero-order valence-corrected chi connectivity index (χ0v) is 26.7. The van der Waals surface area contributed by atoms with E-state index in [2.05, 4.69) is 12.2 Å². The number of carbonyl (C=O) groups excluding carboxylic acids is 1. The van der Waals surface area contributed by atoms with Crippen molar-refractivity contribution in [2.24, 2.45) is 0 Å². The van der Waals surface area contributed by atoms with Gasteiger partial charge >= 0.3 is 5.97 Å². The largest absolute Gasteiger partial charge is 0.481 e. The maximum Gasteiger partial charge on any atom is 0.303 e. The molecule has 0 bridgehead atoms. The predicted molar refractivity (Wildman–Crippen MR) is 162 cm³/mol. The summed E-state index contributed by atoms with van der Waals surface area (Å²) in [4.78, 5) is 22.3. The molecule has 0 aliphatic carbocycles. The van der Waals surface area contributed by atoms with Gasteiger partial charge in [0.25, 0.3) is 0 Å². The highest BCUT2D eigenvalue weighted by Crippen LogP contribution is 2.31. The zero-order valence-electron chi connectivity index (χ0n) is 26.7. The van der Waals surface area contributed by atoms with Gasteiger partial charge < -0.3 is 54.7 Å². The van der Waals surface area contributed by atoms with Gasteiger partial charge in [-0.25, -0.2) is 0 Å². The second-order valence-electron chi connectivity index (χ2n) is 12.3. The normalized spacial score (nSPS) is 33.0. The summed E-state index contributed by atoms with van der Waals surface area (Å²) in [6.45, 7) is 2.51. The van der Waals surface area contributed by atoms with E-state index in [9.17, 15) is 40.2 Å². The highest BCUT2D eigenvalue weighted by molar-refractivity contribution is 5.76. The lowest BCUT2D eigenvalue weighted by molar-refractivity contribution is -0.369. The van der Waals surface area contributed by atoms with E-state index in [4.69, 9.17) is 24.1 Å². The number of aliphatic hydroxyl groups excluding tert-OH is 6. The van der Waals surface area contributed by atoms with Crippen molar-refractivity contribution in [3.8, 4) is 0 Å².